The van der Waals surface area contributed by atoms with E-state index in [4.69, 9.17) is 19.3 Å². The number of carbonyl (C=O) groups excluding carboxylic acids is 5. The van der Waals surface area contributed by atoms with Crippen LogP contribution >= 0.6 is 21.6 Å². The minimum Gasteiger partial charge on any atom is -0.496 e. The van der Waals surface area contributed by atoms with Crippen LogP contribution in [-0.2, 0) is 60.3 Å². The molecule has 3 aromatic rings. The van der Waals surface area contributed by atoms with E-state index in [0.29, 0.717) is 81.1 Å². The molecule has 9 rings (SSSR count). The number of hydrazine groups is 1. The number of rotatable bonds is 22. The number of nitrogens with one attached hydrogen (secondary N) is 6. The Morgan fingerprint density at radius 2 is 1.57 bits per heavy atom. The monoisotopic (exact) mass is 1240 g/mol. The van der Waals surface area contributed by atoms with Crippen molar-refractivity contribution in [2.24, 2.45) is 11.3 Å². The van der Waals surface area contributed by atoms with E-state index in [9.17, 15) is 54.3 Å². The summed E-state index contributed by atoms with van der Waals surface area (Å²) in [7, 11) is 7.93. The summed E-state index contributed by atoms with van der Waals surface area (Å²) in [6.45, 7) is 6.36. The number of nitrogens with zero attached hydrogens (tertiary/aromatic N) is 3. The van der Waals surface area contributed by atoms with Crippen molar-refractivity contribution in [1.29, 1.82) is 0 Å². The van der Waals surface area contributed by atoms with Crippen LogP contribution in [0, 0.1) is 11.3 Å². The predicted octanol–water partition coefficient (Wildman–Crippen LogP) is 0.978. The Morgan fingerprint density at radius 1 is 0.860 bits per heavy atom. The Kier molecular flexibility index (Phi) is 18.7. The summed E-state index contributed by atoms with van der Waals surface area (Å²) in [6.07, 6.45) is 1.73. The van der Waals surface area contributed by atoms with Gasteiger partial charge in [-0.15, -0.1) is 0 Å². The first kappa shape index (κ1) is 63.8. The van der Waals surface area contributed by atoms with Crippen molar-refractivity contribution in [2.45, 2.75) is 124 Å². The summed E-state index contributed by atoms with van der Waals surface area (Å²) in [5, 5.41) is 74.7. The summed E-state index contributed by atoms with van der Waals surface area (Å²) >= 11 is 0. The average Bonchev–Trinajstić information content (AvgIpc) is 1.44. The number of aromatic amines is 1. The van der Waals surface area contributed by atoms with Crippen molar-refractivity contribution in [3.8, 4) is 5.75 Å². The van der Waals surface area contributed by atoms with E-state index in [2.05, 4.69) is 41.6 Å². The molecule has 3 fully saturated rings. The summed E-state index contributed by atoms with van der Waals surface area (Å²) in [5.74, 6) is -8.20. The highest BCUT2D eigenvalue weighted by atomic mass is 33.1. The van der Waals surface area contributed by atoms with E-state index in [-0.39, 0.29) is 36.9 Å². The van der Waals surface area contributed by atoms with Crippen LogP contribution in [-0.4, -0.2) is 220 Å². The fraction of sp³-hybridized carbons (Fsp3) is 0.586. The molecule has 1 aliphatic carbocycles. The van der Waals surface area contributed by atoms with Gasteiger partial charge in [0.1, 0.15) is 36.0 Å². The molecule has 13 atom stereocenters. The maximum Gasteiger partial charge on any atom is 0.426 e. The number of likely N-dealkylation sites (N-methyl/N-ethyl adjacent to an activating group) is 2. The Bertz CT molecular complexity index is 3190. The highest BCUT2D eigenvalue weighted by Gasteiger charge is 2.79. The van der Waals surface area contributed by atoms with Crippen LogP contribution in [0.25, 0.3) is 10.9 Å². The van der Waals surface area contributed by atoms with E-state index in [1.165, 1.54) is 21.3 Å². The van der Waals surface area contributed by atoms with Crippen LogP contribution in [0.3, 0.4) is 0 Å². The number of amides is 4. The van der Waals surface area contributed by atoms with Gasteiger partial charge in [-0.2, -0.15) is 0 Å². The zero-order valence-corrected chi connectivity index (χ0v) is 50.4. The van der Waals surface area contributed by atoms with Gasteiger partial charge in [0.05, 0.1) is 44.7 Å². The predicted molar refractivity (Wildman–Crippen MR) is 315 cm³/mol. The van der Waals surface area contributed by atoms with Gasteiger partial charge in [0, 0.05) is 95.5 Å². The number of methoxy groups -OCH3 is 2. The molecule has 0 radical (unpaired) electrons. The number of aliphatic hydroxyl groups is 3. The molecular formula is C58H77N9O17S2. The quantitative estimate of drug-likeness (QED) is 0.0219. The Balaban J connectivity index is 0.966. The third kappa shape index (κ3) is 11.1. The van der Waals surface area contributed by atoms with Gasteiger partial charge in [-0.3, -0.25) is 44.0 Å². The molecular weight excluding hydrogens is 1160 g/mol. The second-order valence-corrected chi connectivity index (χ2v) is 26.1. The highest BCUT2D eigenvalue weighted by Crippen LogP contribution is 2.67. The number of aliphatic hydroxyl groups excluding tert-OH is 1. The Labute approximate surface area is 504 Å². The molecule has 1 saturated carbocycles. The molecule has 468 valence electrons. The summed E-state index contributed by atoms with van der Waals surface area (Å²) in [5.41, 5.74) is 1.21. The number of carbonyl (C=O) groups is 8. The summed E-state index contributed by atoms with van der Waals surface area (Å²) < 4.78 is 17.7. The lowest BCUT2D eigenvalue weighted by atomic mass is 9.47. The van der Waals surface area contributed by atoms with Crippen molar-refractivity contribution < 1.29 is 83.2 Å². The van der Waals surface area contributed by atoms with Crippen molar-refractivity contribution >= 4 is 85.9 Å². The lowest BCUT2D eigenvalue weighted by molar-refractivity contribution is -0.204. The Hall–Kier alpha value is -6.66. The van der Waals surface area contributed by atoms with Crippen LogP contribution in [0.5, 0.6) is 5.75 Å². The van der Waals surface area contributed by atoms with Gasteiger partial charge in [0.2, 0.25) is 11.8 Å². The van der Waals surface area contributed by atoms with Crippen LogP contribution in [0.15, 0.2) is 48.6 Å². The maximum atomic E-state index is 15.5. The molecule has 2 aromatic carbocycles. The number of anilines is 1. The number of hydrogen-bond acceptors (Lipinski definition) is 20. The van der Waals surface area contributed by atoms with E-state index < -0.39 is 124 Å². The number of para-hydroxylation sites is 1. The van der Waals surface area contributed by atoms with Crippen molar-refractivity contribution in [1.82, 2.24) is 41.6 Å². The molecule has 1 unspecified atom stereocenters. The molecule has 5 aliphatic heterocycles. The van der Waals surface area contributed by atoms with Gasteiger partial charge >= 0.3 is 30.0 Å². The molecule has 86 heavy (non-hydrogen) atoms. The first-order chi connectivity index (χ1) is 40.9. The second kappa shape index (κ2) is 25.2. The normalized spacial score (nSPS) is 29.9. The number of piperidine rings is 1. The summed E-state index contributed by atoms with van der Waals surface area (Å²) in [4.78, 5) is 115. The van der Waals surface area contributed by atoms with Gasteiger partial charge < -0.3 is 70.7 Å². The van der Waals surface area contributed by atoms with Gasteiger partial charge in [0.15, 0.2) is 5.60 Å². The van der Waals surface area contributed by atoms with Crippen LogP contribution in [0.2, 0.25) is 0 Å². The van der Waals surface area contributed by atoms with Crippen molar-refractivity contribution in [3.05, 3.63) is 70.9 Å². The minimum atomic E-state index is -2.66. The molecule has 2 bridgehead atoms. The first-order valence-electron chi connectivity index (χ1n) is 28.8. The molecule has 6 heterocycles. The van der Waals surface area contributed by atoms with E-state index in [0.717, 1.165) is 43.6 Å². The zero-order valence-electron chi connectivity index (χ0n) is 48.8. The van der Waals surface area contributed by atoms with Crippen molar-refractivity contribution in [3.63, 3.8) is 0 Å². The fourth-order valence-corrected chi connectivity index (χ4v) is 17.2. The van der Waals surface area contributed by atoms with Crippen LogP contribution in [0.1, 0.15) is 81.2 Å². The maximum absolute atomic E-state index is 15.5. The molecule has 12 N–H and O–H groups in total. The smallest absolute Gasteiger partial charge is 0.426 e. The number of carboxylic acid groups (broad SMARTS) is 3. The third-order valence-electron chi connectivity index (χ3n) is 18.9. The number of fused-ring (bicyclic) bond motifs is 6. The molecule has 1 spiro atoms. The van der Waals surface area contributed by atoms with Crippen LogP contribution in [0.4, 0.5) is 10.5 Å². The fourth-order valence-electron chi connectivity index (χ4n) is 15.2. The number of aliphatic carboxylic acids is 3. The minimum absolute atomic E-state index is 0.0584. The van der Waals surface area contributed by atoms with E-state index in [1.807, 2.05) is 62.4 Å². The molecule has 2 saturated heterocycles. The SMILES string of the molecule is CC[C@]1(O)C[C@H]2CN(CCc3c([nH]c4ccccc34)[C@@](C(=O)OC)(c3cc4c(cc3OC)N(C)[C@H]3[C@@](O)(C(=O)NNC(=O)OCCSSC[C@H](NC(=O)[C@H](CC(=O)O)NC(=O)[C@H](CC(=O)O)NC)C(=O)O)[C@H](O)[C@]5(CC)C=CCN6CC[C@]43[C@@H]65)C2)C1. The topological polar surface area (TPSA) is 371 Å². The van der Waals surface area contributed by atoms with Gasteiger partial charge in [-0.25, -0.2) is 15.0 Å². The molecule has 26 nitrogen and oxygen atoms in total. The number of benzene rings is 2. The lowest BCUT2D eigenvalue weighted by Crippen LogP contribution is -2.82. The third-order valence-corrected chi connectivity index (χ3v) is 21.2. The lowest BCUT2D eigenvalue weighted by Gasteiger charge is -2.63. The molecule has 4 amide bonds. The van der Waals surface area contributed by atoms with Gasteiger partial charge in [0.25, 0.3) is 5.91 Å². The number of hydrogen-bond donors (Lipinski definition) is 12. The number of H-pyrrole nitrogens is 1. The van der Waals surface area contributed by atoms with Gasteiger partial charge in [-0.05, 0) is 81.3 Å². The van der Waals surface area contributed by atoms with Gasteiger partial charge in [-0.1, -0.05) is 65.8 Å². The largest absolute Gasteiger partial charge is 0.496 e. The molecule has 1 aromatic heterocycles. The van der Waals surface area contributed by atoms with Crippen LogP contribution < -0.4 is 36.4 Å². The number of ether oxygens (including phenoxy) is 3. The highest BCUT2D eigenvalue weighted by molar-refractivity contribution is 8.76. The Morgan fingerprint density at radius 3 is 2.24 bits per heavy atom. The first-order valence-corrected chi connectivity index (χ1v) is 31.2. The average molecular weight is 1240 g/mol. The number of aromatic nitrogens is 1. The standard InChI is InChI=1S/C58H77N9O17S2/c1-7-54(80)26-31-27-57(52(78)83-6,44-33(14-18-66(28-31)30-54)32-12-9-10-13-36(32)60-44)35-22-34-40(25-41(35)82-5)65(4)49-56(34)16-19-67-17-11-15-55(8-2,48(56)67)50(76)58(49,81)51(77)63-64-53(79)84-20-21-85-86-29-39(47(74)75)62-46(73)38(24-43(70)71)61-45(72)37(59-3)23-42(68)69/h9-13,15,22,25,31,37-39,48-50,59-60,76,80-81H,7-8,14,16-21,23-24,26-30H2,1-6H3,(H,61,72)(H,62,73)(H,63,77)(H,64,79)(H,68,69)(H,70,71)(H,74,75)/t31-,37+,38+,39+,48+,49-,50-,54+,55-,56-,57+,58+/m1/s1. The zero-order chi connectivity index (χ0) is 62.3. The molecule has 28 heteroatoms. The number of carboxylic acids is 3. The van der Waals surface area contributed by atoms with E-state index >= 15 is 9.59 Å². The van der Waals surface area contributed by atoms with E-state index in [1.54, 1.807) is 11.9 Å². The second-order valence-electron chi connectivity index (χ2n) is 23.4. The number of esters is 1. The molecule has 6 aliphatic rings. The van der Waals surface area contributed by atoms with Crippen molar-refractivity contribution in [2.75, 3.05) is 84.1 Å². The summed E-state index contributed by atoms with van der Waals surface area (Å²) in [6, 6.07) is 5.43.